The van der Waals surface area contributed by atoms with Gasteiger partial charge in [-0.05, 0) is 45.0 Å². The second-order valence-electron chi connectivity index (χ2n) is 9.64. The molecule has 1 unspecified atom stereocenters. The topological polar surface area (TPSA) is 241 Å². The molecule has 2 heterocycles. The van der Waals surface area contributed by atoms with Crippen LogP contribution in [-0.4, -0.2) is 57.1 Å². The Morgan fingerprint density at radius 3 is 2.51 bits per heavy atom. The lowest BCUT2D eigenvalue weighted by Gasteiger charge is -2.25. The molecule has 0 radical (unpaired) electrons. The number of fused-ring (bicyclic) bond motifs is 1. The number of aromatic nitrogens is 2. The molecule has 15 heteroatoms. The zero-order valence-corrected chi connectivity index (χ0v) is 22.3. The number of carbonyl (C=O) groups is 2. The molecule has 0 fully saturated rings. The maximum Gasteiger partial charge on any atom is 0.342 e. The number of carbonyl (C=O) groups excluding carboxylic acids is 2. The third-order valence-corrected chi connectivity index (χ3v) is 5.26. The monoisotopic (exact) mass is 564 g/mol. The van der Waals surface area contributed by atoms with Crippen molar-refractivity contribution in [2.45, 2.75) is 32.5 Å². The number of benzene rings is 2. The fourth-order valence-electron chi connectivity index (χ4n) is 3.51. The Bertz CT molecular complexity index is 1540. The highest BCUT2D eigenvalue weighted by Gasteiger charge is 2.33. The molecule has 3 aromatic rings. The van der Waals surface area contributed by atoms with Crippen molar-refractivity contribution in [2.75, 3.05) is 17.2 Å². The highest BCUT2D eigenvalue weighted by atomic mass is 16.6. The van der Waals surface area contributed by atoms with Gasteiger partial charge in [0.25, 0.3) is 11.8 Å². The predicted molar refractivity (Wildman–Crippen MR) is 147 cm³/mol. The number of hydrogen-bond acceptors (Lipinski definition) is 11. The summed E-state index contributed by atoms with van der Waals surface area (Å²) in [5.74, 6) is -2.46. The number of aliphatic hydroxyl groups is 1. The van der Waals surface area contributed by atoms with Crippen molar-refractivity contribution in [1.82, 2.24) is 9.97 Å². The average Bonchev–Trinajstić information content (AvgIpc) is 2.88. The molecule has 1 amide bonds. The molecule has 214 valence electrons. The van der Waals surface area contributed by atoms with E-state index in [9.17, 15) is 14.7 Å². The number of rotatable bonds is 8. The van der Waals surface area contributed by atoms with Crippen molar-refractivity contribution in [2.24, 2.45) is 11.5 Å². The van der Waals surface area contributed by atoms with Gasteiger partial charge in [-0.3, -0.25) is 15.6 Å². The van der Waals surface area contributed by atoms with Crippen molar-refractivity contribution in [3.05, 3.63) is 53.6 Å². The molecule has 0 spiro atoms. The van der Waals surface area contributed by atoms with Gasteiger partial charge in [0, 0.05) is 5.56 Å². The van der Waals surface area contributed by atoms with Crippen LogP contribution in [0.1, 0.15) is 36.7 Å². The second kappa shape index (κ2) is 11.4. The summed E-state index contributed by atoms with van der Waals surface area (Å²) in [5.41, 5.74) is 10.7. The molecule has 0 saturated heterocycles. The van der Waals surface area contributed by atoms with Crippen LogP contribution in [0, 0.1) is 10.8 Å². The van der Waals surface area contributed by atoms with E-state index in [1.54, 1.807) is 45.0 Å². The van der Waals surface area contributed by atoms with Crippen LogP contribution in [-0.2, 0) is 9.53 Å². The van der Waals surface area contributed by atoms with Gasteiger partial charge in [0.15, 0.2) is 17.4 Å². The largest absolute Gasteiger partial charge is 0.460 e. The quantitative estimate of drug-likeness (QED) is 0.118. The number of nitrogen functional groups attached to an aromatic ring is 1. The van der Waals surface area contributed by atoms with Crippen LogP contribution in [0.25, 0.3) is 0 Å². The molecule has 4 rings (SSSR count). The molecule has 1 aliphatic rings. The summed E-state index contributed by atoms with van der Waals surface area (Å²) in [6.45, 7) is 4.45. The number of nitrogens with zero attached hydrogens (tertiary/aromatic N) is 2. The molecule has 1 aromatic heterocycles. The Hall–Kier alpha value is -5.44. The molecule has 1 atom stereocenters. The predicted octanol–water partition coefficient (Wildman–Crippen LogP) is 2.30. The number of nitrogens with one attached hydrogen (secondary N) is 4. The van der Waals surface area contributed by atoms with Gasteiger partial charge < -0.3 is 46.2 Å². The molecular weight excluding hydrogens is 536 g/mol. The summed E-state index contributed by atoms with van der Waals surface area (Å²) < 4.78 is 22.9. The van der Waals surface area contributed by atoms with E-state index in [4.69, 9.17) is 41.2 Å². The lowest BCUT2D eigenvalue weighted by molar-refractivity contribution is -0.125. The lowest BCUT2D eigenvalue weighted by atomic mass is 10.1. The standard InChI is InChI=1S/C26H28N8O7/c1-26(2,3)41-23(37)13-9-8-12(19(27)28)10-16(13)38-21-18-22(39-17(11-35)20(36)32-18)34-25(33-21)40-15-7-5-4-6-14(15)31-24(29)30/h4-10,17,35H,11H2,1-3H3,(H3,27,28)(H,32,36)(H4,29,30,31). The maximum absolute atomic E-state index is 13.0. The summed E-state index contributed by atoms with van der Waals surface area (Å²) >= 11 is 0. The van der Waals surface area contributed by atoms with Gasteiger partial charge in [-0.15, -0.1) is 0 Å². The summed E-state index contributed by atoms with van der Waals surface area (Å²) in [7, 11) is 0. The Kier molecular flexibility index (Phi) is 7.91. The fraction of sp³-hybridized carbons (Fsp3) is 0.231. The van der Waals surface area contributed by atoms with Gasteiger partial charge in [-0.25, -0.2) is 4.79 Å². The smallest absolute Gasteiger partial charge is 0.342 e. The summed E-state index contributed by atoms with van der Waals surface area (Å²) in [5, 5.41) is 30.1. The highest BCUT2D eigenvalue weighted by molar-refractivity contribution is 6.00. The van der Waals surface area contributed by atoms with Crippen molar-refractivity contribution in [3.8, 4) is 29.3 Å². The molecule has 0 bridgehead atoms. The van der Waals surface area contributed by atoms with Crippen molar-refractivity contribution in [3.63, 3.8) is 0 Å². The van der Waals surface area contributed by atoms with Crippen LogP contribution >= 0.6 is 0 Å². The van der Waals surface area contributed by atoms with Gasteiger partial charge >= 0.3 is 12.0 Å². The van der Waals surface area contributed by atoms with Crippen molar-refractivity contribution in [1.29, 1.82) is 10.8 Å². The third kappa shape index (κ3) is 6.77. The normalized spacial score (nSPS) is 14.1. The van der Waals surface area contributed by atoms with Crippen LogP contribution in [0.3, 0.4) is 0 Å². The molecule has 1 aliphatic heterocycles. The van der Waals surface area contributed by atoms with Gasteiger partial charge in [0.2, 0.25) is 12.0 Å². The van der Waals surface area contributed by atoms with Crippen LogP contribution in [0.2, 0.25) is 0 Å². The minimum absolute atomic E-state index is 0.0213. The molecule has 15 nitrogen and oxygen atoms in total. The minimum atomic E-state index is -1.27. The van der Waals surface area contributed by atoms with E-state index in [0.29, 0.717) is 5.69 Å². The molecule has 41 heavy (non-hydrogen) atoms. The number of guanidine groups is 1. The highest BCUT2D eigenvalue weighted by Crippen LogP contribution is 2.41. The molecule has 2 aromatic carbocycles. The lowest BCUT2D eigenvalue weighted by Crippen LogP contribution is -2.40. The first-order chi connectivity index (χ1) is 19.3. The average molecular weight is 565 g/mol. The van der Waals surface area contributed by atoms with Gasteiger partial charge in [0.1, 0.15) is 22.7 Å². The summed E-state index contributed by atoms with van der Waals surface area (Å²) in [6, 6.07) is 10.4. The number of nitrogens with two attached hydrogens (primary N) is 2. The van der Waals surface area contributed by atoms with Crippen LogP contribution in [0.15, 0.2) is 42.5 Å². The number of esters is 1. The Balaban J connectivity index is 1.82. The zero-order chi connectivity index (χ0) is 29.9. The zero-order valence-electron chi connectivity index (χ0n) is 22.3. The van der Waals surface area contributed by atoms with E-state index < -0.39 is 30.2 Å². The summed E-state index contributed by atoms with van der Waals surface area (Å²) in [6.07, 6.45) is -1.27. The Morgan fingerprint density at radius 2 is 1.85 bits per heavy atom. The second-order valence-corrected chi connectivity index (χ2v) is 9.64. The molecule has 0 aliphatic carbocycles. The first kappa shape index (κ1) is 28.6. The number of hydrogen-bond donors (Lipinski definition) is 7. The molecular formula is C26H28N8O7. The Labute approximate surface area is 233 Å². The van der Waals surface area contributed by atoms with E-state index in [1.807, 2.05) is 0 Å². The number of anilines is 2. The van der Waals surface area contributed by atoms with E-state index in [1.165, 1.54) is 18.2 Å². The van der Waals surface area contributed by atoms with E-state index in [-0.39, 0.29) is 57.9 Å². The van der Waals surface area contributed by atoms with Crippen LogP contribution in [0.5, 0.6) is 29.3 Å². The van der Waals surface area contributed by atoms with Crippen LogP contribution < -0.4 is 36.3 Å². The number of amides is 1. The number of para-hydroxylation sites is 2. The number of ether oxygens (including phenoxy) is 4. The minimum Gasteiger partial charge on any atom is -0.460 e. The first-order valence-electron chi connectivity index (χ1n) is 12.1. The number of aliphatic hydroxyl groups excluding tert-OH is 1. The van der Waals surface area contributed by atoms with E-state index in [0.717, 1.165) is 0 Å². The maximum atomic E-state index is 13.0. The molecule has 9 N–H and O–H groups in total. The summed E-state index contributed by atoms with van der Waals surface area (Å²) in [4.78, 5) is 34.0. The van der Waals surface area contributed by atoms with E-state index >= 15 is 0 Å². The molecule has 0 saturated carbocycles. The number of amidine groups is 1. The first-order valence-corrected chi connectivity index (χ1v) is 12.1. The van der Waals surface area contributed by atoms with Gasteiger partial charge in [-0.2, -0.15) is 9.97 Å². The fourth-order valence-corrected chi connectivity index (χ4v) is 3.51. The Morgan fingerprint density at radius 1 is 1.12 bits per heavy atom. The third-order valence-electron chi connectivity index (χ3n) is 5.26. The van der Waals surface area contributed by atoms with Gasteiger partial charge in [-0.1, -0.05) is 18.2 Å². The van der Waals surface area contributed by atoms with Crippen molar-refractivity contribution >= 4 is 35.0 Å². The van der Waals surface area contributed by atoms with Crippen LogP contribution in [0.4, 0.5) is 11.4 Å². The van der Waals surface area contributed by atoms with Crippen molar-refractivity contribution < 1.29 is 33.6 Å². The van der Waals surface area contributed by atoms with Gasteiger partial charge in [0.05, 0.1) is 12.3 Å². The SMILES string of the molecule is CC(C)(C)OC(=O)c1ccc(C(=N)N)cc1Oc1nc(Oc2ccccc2NC(=N)N)nc2c1NC(=O)C(CO)O2. The van der Waals surface area contributed by atoms with E-state index in [2.05, 4.69) is 20.6 Å².